The zero-order valence-corrected chi connectivity index (χ0v) is 16.6. The summed E-state index contributed by atoms with van der Waals surface area (Å²) < 4.78 is 5.67. The molecule has 0 heterocycles. The Morgan fingerprint density at radius 3 is 2.28 bits per heavy atom. The number of benzene rings is 3. The highest BCUT2D eigenvalue weighted by Crippen LogP contribution is 2.21. The van der Waals surface area contributed by atoms with Crippen LogP contribution in [0.4, 0.5) is 5.69 Å². The van der Waals surface area contributed by atoms with Gasteiger partial charge in [0, 0.05) is 12.1 Å². The molecule has 3 aromatic carbocycles. The van der Waals surface area contributed by atoms with Crippen molar-refractivity contribution in [1.29, 1.82) is 0 Å². The lowest BCUT2D eigenvalue weighted by molar-refractivity contribution is -0.122. The van der Waals surface area contributed by atoms with E-state index in [1.807, 2.05) is 30.3 Å². The number of ether oxygens (including phenoxy) is 1. The number of anilines is 1. The minimum absolute atomic E-state index is 0.176. The van der Waals surface area contributed by atoms with E-state index < -0.39 is 6.10 Å². The number of halogens is 1. The Labute approximate surface area is 174 Å². The van der Waals surface area contributed by atoms with Crippen molar-refractivity contribution in [1.82, 2.24) is 5.32 Å². The molecule has 0 fully saturated rings. The Balaban J connectivity index is 1.53. The molecule has 0 spiro atoms. The Kier molecular flexibility index (Phi) is 6.87. The van der Waals surface area contributed by atoms with Crippen LogP contribution in [0.3, 0.4) is 0 Å². The van der Waals surface area contributed by atoms with Crippen LogP contribution in [0.25, 0.3) is 0 Å². The number of para-hydroxylation sites is 1. The zero-order valence-electron chi connectivity index (χ0n) is 15.9. The molecule has 148 valence electrons. The average molecular weight is 409 g/mol. The fraction of sp³-hybridized carbons (Fsp3) is 0.130. The standard InChI is InChI=1S/C23H21ClN2O3/c1-16(22(27)26-21-10-6-5-9-20(21)24)29-19-13-11-18(12-14-19)23(28)25-15-17-7-3-2-4-8-17/h2-14,16H,15H2,1H3,(H,25,28)(H,26,27). The SMILES string of the molecule is CC(Oc1ccc(C(=O)NCc2ccccc2)cc1)C(=O)Nc1ccccc1Cl. The summed E-state index contributed by atoms with van der Waals surface area (Å²) in [6.45, 7) is 2.10. The first-order valence-corrected chi connectivity index (χ1v) is 9.55. The van der Waals surface area contributed by atoms with E-state index in [2.05, 4.69) is 10.6 Å². The summed E-state index contributed by atoms with van der Waals surface area (Å²) in [4.78, 5) is 24.6. The molecule has 3 rings (SSSR count). The molecule has 2 N–H and O–H groups in total. The van der Waals surface area contributed by atoms with Gasteiger partial charge in [-0.2, -0.15) is 0 Å². The molecule has 0 radical (unpaired) electrons. The highest BCUT2D eigenvalue weighted by Gasteiger charge is 2.16. The van der Waals surface area contributed by atoms with Crippen LogP contribution in [-0.4, -0.2) is 17.9 Å². The van der Waals surface area contributed by atoms with Gasteiger partial charge in [0.25, 0.3) is 11.8 Å². The van der Waals surface area contributed by atoms with Gasteiger partial charge in [0.2, 0.25) is 0 Å². The first-order valence-electron chi connectivity index (χ1n) is 9.17. The van der Waals surface area contributed by atoms with Crippen LogP contribution in [0, 0.1) is 0 Å². The second kappa shape index (κ2) is 9.75. The van der Waals surface area contributed by atoms with Crippen LogP contribution in [-0.2, 0) is 11.3 Å². The van der Waals surface area contributed by atoms with Crippen molar-refractivity contribution in [3.05, 3.63) is 95.0 Å². The monoisotopic (exact) mass is 408 g/mol. The molecule has 0 bridgehead atoms. The number of rotatable bonds is 7. The van der Waals surface area contributed by atoms with Crippen molar-refractivity contribution in [3.8, 4) is 5.75 Å². The van der Waals surface area contributed by atoms with Crippen molar-refractivity contribution < 1.29 is 14.3 Å². The quantitative estimate of drug-likeness (QED) is 0.596. The van der Waals surface area contributed by atoms with Crippen molar-refractivity contribution >= 4 is 29.1 Å². The third-order valence-corrected chi connectivity index (χ3v) is 4.56. The predicted octanol–water partition coefficient (Wildman–Crippen LogP) is 4.68. The summed E-state index contributed by atoms with van der Waals surface area (Å²) in [5.41, 5.74) is 2.07. The minimum Gasteiger partial charge on any atom is -0.481 e. The summed E-state index contributed by atoms with van der Waals surface area (Å²) in [7, 11) is 0. The summed E-state index contributed by atoms with van der Waals surface area (Å²) in [6.07, 6.45) is -0.732. The largest absolute Gasteiger partial charge is 0.481 e. The molecule has 29 heavy (non-hydrogen) atoms. The highest BCUT2D eigenvalue weighted by molar-refractivity contribution is 6.33. The van der Waals surface area contributed by atoms with E-state index in [-0.39, 0.29) is 11.8 Å². The van der Waals surface area contributed by atoms with Gasteiger partial charge in [0.05, 0.1) is 10.7 Å². The first kappa shape index (κ1) is 20.4. The maximum absolute atomic E-state index is 12.3. The van der Waals surface area contributed by atoms with Crippen molar-refractivity contribution in [2.24, 2.45) is 0 Å². The van der Waals surface area contributed by atoms with Gasteiger partial charge in [-0.3, -0.25) is 9.59 Å². The van der Waals surface area contributed by atoms with E-state index in [1.165, 1.54) is 0 Å². The molecule has 3 aromatic rings. The first-order chi connectivity index (χ1) is 14.0. The van der Waals surface area contributed by atoms with E-state index in [9.17, 15) is 9.59 Å². The lowest BCUT2D eigenvalue weighted by Gasteiger charge is -2.15. The van der Waals surface area contributed by atoms with Crippen LogP contribution in [0.5, 0.6) is 5.75 Å². The number of carbonyl (C=O) groups is 2. The molecule has 0 aliphatic carbocycles. The fourth-order valence-corrected chi connectivity index (χ4v) is 2.80. The Morgan fingerprint density at radius 1 is 0.931 bits per heavy atom. The molecule has 5 nitrogen and oxygen atoms in total. The average Bonchev–Trinajstić information content (AvgIpc) is 2.75. The zero-order chi connectivity index (χ0) is 20.6. The molecule has 0 aliphatic heterocycles. The van der Waals surface area contributed by atoms with Crippen molar-refractivity contribution in [2.45, 2.75) is 19.6 Å². The third-order valence-electron chi connectivity index (χ3n) is 4.23. The van der Waals surface area contributed by atoms with Crippen LogP contribution in [0.1, 0.15) is 22.8 Å². The van der Waals surface area contributed by atoms with Gasteiger partial charge in [0.15, 0.2) is 6.10 Å². The van der Waals surface area contributed by atoms with E-state index >= 15 is 0 Å². The fourth-order valence-electron chi connectivity index (χ4n) is 2.62. The lowest BCUT2D eigenvalue weighted by Crippen LogP contribution is -2.30. The van der Waals surface area contributed by atoms with Gasteiger partial charge in [-0.15, -0.1) is 0 Å². The minimum atomic E-state index is -0.732. The molecule has 0 aliphatic rings. The second-order valence-electron chi connectivity index (χ2n) is 6.42. The highest BCUT2D eigenvalue weighted by atomic mass is 35.5. The van der Waals surface area contributed by atoms with Crippen LogP contribution < -0.4 is 15.4 Å². The lowest BCUT2D eigenvalue weighted by atomic mass is 10.2. The van der Waals surface area contributed by atoms with Gasteiger partial charge >= 0.3 is 0 Å². The number of amides is 2. The smallest absolute Gasteiger partial charge is 0.265 e. The van der Waals surface area contributed by atoms with Crippen molar-refractivity contribution in [3.63, 3.8) is 0 Å². The Bertz CT molecular complexity index is 975. The Morgan fingerprint density at radius 2 is 1.59 bits per heavy atom. The normalized spacial score (nSPS) is 11.4. The van der Waals surface area contributed by atoms with Gasteiger partial charge in [0.1, 0.15) is 5.75 Å². The molecule has 2 amide bonds. The van der Waals surface area contributed by atoms with Crippen LogP contribution >= 0.6 is 11.6 Å². The Hall–Kier alpha value is -3.31. The van der Waals surface area contributed by atoms with E-state index in [4.69, 9.17) is 16.3 Å². The van der Waals surface area contributed by atoms with Gasteiger partial charge < -0.3 is 15.4 Å². The molecule has 1 unspecified atom stereocenters. The van der Waals surface area contributed by atoms with Gasteiger partial charge in [-0.05, 0) is 48.9 Å². The topological polar surface area (TPSA) is 67.4 Å². The van der Waals surface area contributed by atoms with Gasteiger partial charge in [-0.1, -0.05) is 54.1 Å². The number of nitrogens with one attached hydrogen (secondary N) is 2. The predicted molar refractivity (Wildman–Crippen MR) is 114 cm³/mol. The molecular formula is C23H21ClN2O3. The molecule has 0 saturated carbocycles. The van der Waals surface area contributed by atoms with Crippen molar-refractivity contribution in [2.75, 3.05) is 5.32 Å². The molecule has 0 aromatic heterocycles. The summed E-state index contributed by atoms with van der Waals surface area (Å²) >= 11 is 6.05. The molecule has 0 saturated heterocycles. The van der Waals surface area contributed by atoms with E-state index in [0.717, 1.165) is 5.56 Å². The number of hydrogen-bond donors (Lipinski definition) is 2. The summed E-state index contributed by atoms with van der Waals surface area (Å²) in [6, 6.07) is 23.3. The van der Waals surface area contributed by atoms with E-state index in [0.29, 0.717) is 28.6 Å². The maximum atomic E-state index is 12.3. The second-order valence-corrected chi connectivity index (χ2v) is 6.83. The van der Waals surface area contributed by atoms with Crippen LogP contribution in [0.15, 0.2) is 78.9 Å². The summed E-state index contributed by atoms with van der Waals surface area (Å²) in [5.74, 6) is -0.000822. The number of carbonyl (C=O) groups excluding carboxylic acids is 2. The third kappa shape index (κ3) is 5.83. The molecule has 6 heteroatoms. The van der Waals surface area contributed by atoms with Gasteiger partial charge in [-0.25, -0.2) is 0 Å². The summed E-state index contributed by atoms with van der Waals surface area (Å²) in [5, 5.41) is 6.06. The molecule has 1 atom stereocenters. The molecular weight excluding hydrogens is 388 g/mol. The van der Waals surface area contributed by atoms with Crippen LogP contribution in [0.2, 0.25) is 5.02 Å². The number of hydrogen-bond acceptors (Lipinski definition) is 3. The van der Waals surface area contributed by atoms with E-state index in [1.54, 1.807) is 55.5 Å². The maximum Gasteiger partial charge on any atom is 0.265 e.